The molecule has 4 nitrogen and oxygen atoms in total. The number of ether oxygens (including phenoxy) is 2. The summed E-state index contributed by atoms with van der Waals surface area (Å²) in [7, 11) is 3.38. The van der Waals surface area contributed by atoms with Gasteiger partial charge in [-0.3, -0.25) is 0 Å². The molecule has 1 aromatic rings. The first-order chi connectivity index (χ1) is 7.80. The molecule has 0 bridgehead atoms. The molecule has 1 heterocycles. The minimum atomic E-state index is 0.114. The van der Waals surface area contributed by atoms with Gasteiger partial charge in [0.15, 0.2) is 0 Å². The Morgan fingerprint density at radius 2 is 2.31 bits per heavy atom. The molecule has 0 aliphatic carbocycles. The molecule has 92 valence electrons. The number of aryl methyl sites for hydroxylation is 1. The van der Waals surface area contributed by atoms with Gasteiger partial charge < -0.3 is 14.8 Å². The van der Waals surface area contributed by atoms with E-state index in [-0.39, 0.29) is 6.10 Å². The Morgan fingerprint density at radius 1 is 1.50 bits per heavy atom. The SMILES string of the molecule is CCc1ncc(CNCC(COC)OC)s1. The summed E-state index contributed by atoms with van der Waals surface area (Å²) < 4.78 is 10.3. The van der Waals surface area contributed by atoms with E-state index in [9.17, 15) is 0 Å². The van der Waals surface area contributed by atoms with Crippen LogP contribution in [0.2, 0.25) is 0 Å². The zero-order chi connectivity index (χ0) is 11.8. The quantitative estimate of drug-likeness (QED) is 0.752. The monoisotopic (exact) mass is 244 g/mol. The highest BCUT2D eigenvalue weighted by Gasteiger charge is 2.06. The van der Waals surface area contributed by atoms with Crippen molar-refractivity contribution in [3.63, 3.8) is 0 Å². The highest BCUT2D eigenvalue weighted by molar-refractivity contribution is 7.11. The molecule has 1 unspecified atom stereocenters. The predicted octanol–water partition coefficient (Wildman–Crippen LogP) is 1.46. The summed E-state index contributed by atoms with van der Waals surface area (Å²) in [6.45, 7) is 4.38. The number of thiazole rings is 1. The Balaban J connectivity index is 2.23. The Bertz CT molecular complexity index is 291. The molecule has 0 aliphatic rings. The van der Waals surface area contributed by atoms with Crippen LogP contribution in [0.4, 0.5) is 0 Å². The third kappa shape index (κ3) is 4.57. The Morgan fingerprint density at radius 3 is 2.88 bits per heavy atom. The van der Waals surface area contributed by atoms with Gasteiger partial charge in [-0.05, 0) is 6.42 Å². The molecule has 0 aromatic carbocycles. The maximum atomic E-state index is 5.26. The van der Waals surface area contributed by atoms with E-state index < -0.39 is 0 Å². The van der Waals surface area contributed by atoms with Gasteiger partial charge in [0, 0.05) is 38.4 Å². The van der Waals surface area contributed by atoms with Gasteiger partial charge in [-0.2, -0.15) is 0 Å². The summed E-state index contributed by atoms with van der Waals surface area (Å²) in [5.41, 5.74) is 0. The van der Waals surface area contributed by atoms with Gasteiger partial charge in [-0.25, -0.2) is 4.98 Å². The third-order valence-corrected chi connectivity index (χ3v) is 3.40. The zero-order valence-electron chi connectivity index (χ0n) is 10.2. The molecule has 1 aromatic heterocycles. The summed E-state index contributed by atoms with van der Waals surface area (Å²) in [5.74, 6) is 0. The van der Waals surface area contributed by atoms with Crippen molar-refractivity contribution in [2.24, 2.45) is 0 Å². The van der Waals surface area contributed by atoms with E-state index in [1.807, 2.05) is 6.20 Å². The van der Waals surface area contributed by atoms with Gasteiger partial charge in [0.2, 0.25) is 0 Å². The van der Waals surface area contributed by atoms with Crippen LogP contribution in [0.5, 0.6) is 0 Å². The van der Waals surface area contributed by atoms with E-state index in [0.29, 0.717) is 6.61 Å². The van der Waals surface area contributed by atoms with Gasteiger partial charge in [0.25, 0.3) is 0 Å². The summed E-state index contributed by atoms with van der Waals surface area (Å²) in [4.78, 5) is 5.58. The molecule has 1 rings (SSSR count). The molecule has 16 heavy (non-hydrogen) atoms. The number of aromatic nitrogens is 1. The van der Waals surface area contributed by atoms with Crippen LogP contribution >= 0.6 is 11.3 Å². The Kier molecular flexibility index (Phi) is 6.56. The van der Waals surface area contributed by atoms with E-state index in [1.54, 1.807) is 25.6 Å². The van der Waals surface area contributed by atoms with Crippen molar-refractivity contribution < 1.29 is 9.47 Å². The normalized spacial score (nSPS) is 12.9. The maximum Gasteiger partial charge on any atom is 0.0928 e. The summed E-state index contributed by atoms with van der Waals surface area (Å²) in [6.07, 6.45) is 3.06. The standard InChI is InChI=1S/C11H20N2O2S/c1-4-11-13-7-10(16-11)6-12-5-9(15-3)8-14-2/h7,9,12H,4-6,8H2,1-3H3. The van der Waals surface area contributed by atoms with Crippen molar-refractivity contribution in [3.8, 4) is 0 Å². The molecule has 0 aliphatic heterocycles. The lowest BCUT2D eigenvalue weighted by Crippen LogP contribution is -2.31. The van der Waals surface area contributed by atoms with E-state index in [2.05, 4.69) is 17.2 Å². The molecule has 0 saturated carbocycles. The average Bonchev–Trinajstić information content (AvgIpc) is 2.76. The second kappa shape index (κ2) is 7.73. The fraction of sp³-hybridized carbons (Fsp3) is 0.727. The number of rotatable bonds is 8. The van der Waals surface area contributed by atoms with Crippen molar-refractivity contribution in [2.75, 3.05) is 27.4 Å². The molecule has 5 heteroatoms. The van der Waals surface area contributed by atoms with Gasteiger partial charge in [0.05, 0.1) is 17.7 Å². The molecular formula is C11H20N2O2S. The summed E-state index contributed by atoms with van der Waals surface area (Å²) in [6, 6.07) is 0. The van der Waals surface area contributed by atoms with Crippen LogP contribution in [0.15, 0.2) is 6.20 Å². The Labute approximate surface area is 101 Å². The molecule has 0 fully saturated rings. The van der Waals surface area contributed by atoms with Gasteiger partial charge in [-0.15, -0.1) is 11.3 Å². The number of nitrogens with zero attached hydrogens (tertiary/aromatic N) is 1. The number of hydrogen-bond acceptors (Lipinski definition) is 5. The second-order valence-corrected chi connectivity index (χ2v) is 4.72. The third-order valence-electron chi connectivity index (χ3n) is 2.26. The van der Waals surface area contributed by atoms with Crippen LogP contribution in [-0.4, -0.2) is 38.5 Å². The second-order valence-electron chi connectivity index (χ2n) is 3.52. The van der Waals surface area contributed by atoms with E-state index in [1.165, 1.54) is 9.88 Å². The fourth-order valence-corrected chi connectivity index (χ4v) is 2.18. The van der Waals surface area contributed by atoms with Crippen molar-refractivity contribution in [1.82, 2.24) is 10.3 Å². The topological polar surface area (TPSA) is 43.4 Å². The number of hydrogen-bond donors (Lipinski definition) is 1. The lowest BCUT2D eigenvalue weighted by atomic mass is 10.3. The number of methoxy groups -OCH3 is 2. The first kappa shape index (κ1) is 13.6. The lowest BCUT2D eigenvalue weighted by molar-refractivity contribution is 0.0288. The van der Waals surface area contributed by atoms with Gasteiger partial charge in [-0.1, -0.05) is 6.92 Å². The lowest BCUT2D eigenvalue weighted by Gasteiger charge is -2.14. The minimum Gasteiger partial charge on any atom is -0.382 e. The van der Waals surface area contributed by atoms with Crippen LogP contribution in [0.1, 0.15) is 16.8 Å². The van der Waals surface area contributed by atoms with Crippen molar-refractivity contribution in [1.29, 1.82) is 0 Å². The smallest absolute Gasteiger partial charge is 0.0928 e. The van der Waals surface area contributed by atoms with Crippen LogP contribution in [-0.2, 0) is 22.4 Å². The van der Waals surface area contributed by atoms with Crippen molar-refractivity contribution in [2.45, 2.75) is 26.0 Å². The van der Waals surface area contributed by atoms with E-state index in [4.69, 9.17) is 9.47 Å². The van der Waals surface area contributed by atoms with Gasteiger partial charge >= 0.3 is 0 Å². The summed E-state index contributed by atoms with van der Waals surface area (Å²) >= 11 is 1.76. The van der Waals surface area contributed by atoms with Crippen LogP contribution in [0.25, 0.3) is 0 Å². The molecule has 0 amide bonds. The van der Waals surface area contributed by atoms with Gasteiger partial charge in [0.1, 0.15) is 0 Å². The van der Waals surface area contributed by atoms with Crippen LogP contribution in [0, 0.1) is 0 Å². The van der Waals surface area contributed by atoms with Crippen molar-refractivity contribution >= 4 is 11.3 Å². The number of nitrogens with one attached hydrogen (secondary N) is 1. The molecule has 0 spiro atoms. The minimum absolute atomic E-state index is 0.114. The van der Waals surface area contributed by atoms with Crippen molar-refractivity contribution in [3.05, 3.63) is 16.1 Å². The fourth-order valence-electron chi connectivity index (χ4n) is 1.35. The molecule has 0 radical (unpaired) electrons. The average molecular weight is 244 g/mol. The predicted molar refractivity (Wildman–Crippen MR) is 65.9 cm³/mol. The molecule has 0 saturated heterocycles. The largest absolute Gasteiger partial charge is 0.382 e. The first-order valence-corrected chi connectivity index (χ1v) is 6.27. The molecule has 1 atom stereocenters. The highest BCUT2D eigenvalue weighted by Crippen LogP contribution is 2.12. The first-order valence-electron chi connectivity index (χ1n) is 5.46. The highest BCUT2D eigenvalue weighted by atomic mass is 32.1. The Hall–Kier alpha value is -0.490. The maximum absolute atomic E-state index is 5.26. The van der Waals surface area contributed by atoms with E-state index in [0.717, 1.165) is 19.5 Å². The molecule has 1 N–H and O–H groups in total. The van der Waals surface area contributed by atoms with E-state index >= 15 is 0 Å². The molecular weight excluding hydrogens is 224 g/mol. The van der Waals surface area contributed by atoms with Crippen LogP contribution in [0.3, 0.4) is 0 Å². The van der Waals surface area contributed by atoms with Crippen LogP contribution < -0.4 is 5.32 Å². The summed E-state index contributed by atoms with van der Waals surface area (Å²) in [5, 5.41) is 4.53. The zero-order valence-corrected chi connectivity index (χ0v) is 11.0.